The molecule has 2 N–H and O–H groups in total. The fourth-order valence-electron chi connectivity index (χ4n) is 1.81. The van der Waals surface area contributed by atoms with Crippen molar-refractivity contribution < 1.29 is 5.11 Å². The molecule has 2 unspecified atom stereocenters. The van der Waals surface area contributed by atoms with E-state index in [1.807, 2.05) is 13.2 Å². The van der Waals surface area contributed by atoms with E-state index < -0.39 is 0 Å². The first-order valence-electron chi connectivity index (χ1n) is 6.70. The second-order valence-corrected chi connectivity index (χ2v) is 6.10. The first-order valence-corrected chi connectivity index (χ1v) is 8.37. The molecule has 0 spiro atoms. The lowest BCUT2D eigenvalue weighted by Gasteiger charge is -2.22. The zero-order valence-corrected chi connectivity index (χ0v) is 13.7. The third-order valence-corrected chi connectivity index (χ3v) is 4.66. The van der Waals surface area contributed by atoms with E-state index in [4.69, 9.17) is 11.6 Å². The number of thioether (sulfide) groups is 1. The van der Waals surface area contributed by atoms with Gasteiger partial charge < -0.3 is 10.4 Å². The molecule has 1 rings (SSSR count). The fraction of sp³-hybridized carbons (Fsp3) is 0.692. The summed E-state index contributed by atoms with van der Waals surface area (Å²) in [6.45, 7) is 4.64. The zero-order valence-electron chi connectivity index (χ0n) is 12.1. The molecule has 0 amide bonds. The Morgan fingerprint density at radius 3 is 2.85 bits per heavy atom. The standard InChI is InChI=1S/C13H22ClN3O2S/c1-4-5-6-17-13(19)12(14)10(7-15-17)16-9(2)11(8-18)20-3/h7,9,11,16,18H,4-6,8H2,1-3H3. The molecule has 0 saturated heterocycles. The van der Waals surface area contributed by atoms with Crippen molar-refractivity contribution in [3.05, 3.63) is 21.6 Å². The van der Waals surface area contributed by atoms with Crippen LogP contribution in [0.4, 0.5) is 5.69 Å². The first-order chi connectivity index (χ1) is 9.54. The van der Waals surface area contributed by atoms with Crippen LogP contribution in [0.1, 0.15) is 26.7 Å². The number of rotatable bonds is 8. The predicted octanol–water partition coefficient (Wildman–Crippen LogP) is 2.22. The van der Waals surface area contributed by atoms with E-state index in [-0.39, 0.29) is 28.5 Å². The minimum Gasteiger partial charge on any atom is -0.395 e. The minimum atomic E-state index is -0.276. The molecule has 0 radical (unpaired) electrons. The lowest BCUT2D eigenvalue weighted by molar-refractivity contribution is 0.288. The summed E-state index contributed by atoms with van der Waals surface area (Å²) in [6.07, 6.45) is 5.40. The van der Waals surface area contributed by atoms with Crippen molar-refractivity contribution in [2.75, 3.05) is 18.2 Å². The SMILES string of the molecule is CCCCn1ncc(NC(C)C(CO)SC)c(Cl)c1=O. The largest absolute Gasteiger partial charge is 0.395 e. The van der Waals surface area contributed by atoms with Crippen molar-refractivity contribution in [3.8, 4) is 0 Å². The van der Waals surface area contributed by atoms with E-state index in [1.165, 1.54) is 4.68 Å². The van der Waals surface area contributed by atoms with Gasteiger partial charge in [-0.1, -0.05) is 24.9 Å². The van der Waals surface area contributed by atoms with E-state index in [9.17, 15) is 9.90 Å². The molecule has 0 aromatic carbocycles. The number of aliphatic hydroxyl groups is 1. The van der Waals surface area contributed by atoms with Gasteiger partial charge in [-0.2, -0.15) is 16.9 Å². The molecule has 1 aromatic rings. The van der Waals surface area contributed by atoms with Crippen LogP contribution < -0.4 is 10.9 Å². The Morgan fingerprint density at radius 1 is 1.60 bits per heavy atom. The summed E-state index contributed by atoms with van der Waals surface area (Å²) in [6, 6.07) is -0.0137. The number of anilines is 1. The molecule has 5 nitrogen and oxygen atoms in total. The van der Waals surface area contributed by atoms with Gasteiger partial charge in [0.1, 0.15) is 5.02 Å². The zero-order chi connectivity index (χ0) is 15.1. The lowest BCUT2D eigenvalue weighted by Crippen LogP contribution is -2.32. The minimum absolute atomic E-state index is 0.0137. The number of hydrogen-bond donors (Lipinski definition) is 2. The summed E-state index contributed by atoms with van der Waals surface area (Å²) in [5, 5.41) is 16.7. The summed E-state index contributed by atoms with van der Waals surface area (Å²) in [4.78, 5) is 12.1. The van der Waals surface area contributed by atoms with Crippen LogP contribution in [0.15, 0.2) is 11.0 Å². The molecule has 0 aliphatic heterocycles. The molecular formula is C13H22ClN3O2S. The van der Waals surface area contributed by atoms with E-state index in [0.717, 1.165) is 12.8 Å². The van der Waals surface area contributed by atoms with Gasteiger partial charge in [-0.3, -0.25) is 4.79 Å². The molecule has 114 valence electrons. The monoisotopic (exact) mass is 319 g/mol. The normalized spacial score (nSPS) is 14.1. The van der Waals surface area contributed by atoms with E-state index in [0.29, 0.717) is 12.2 Å². The van der Waals surface area contributed by atoms with Gasteiger partial charge in [0, 0.05) is 17.8 Å². The second kappa shape index (κ2) is 8.54. The molecule has 2 atom stereocenters. The fourth-order valence-corrected chi connectivity index (χ4v) is 2.63. The van der Waals surface area contributed by atoms with Crippen molar-refractivity contribution in [3.63, 3.8) is 0 Å². The lowest BCUT2D eigenvalue weighted by atomic mass is 10.2. The van der Waals surface area contributed by atoms with Crippen LogP contribution in [-0.4, -0.2) is 39.0 Å². The maximum Gasteiger partial charge on any atom is 0.287 e. The third kappa shape index (κ3) is 4.40. The average Bonchev–Trinajstić information content (AvgIpc) is 2.44. The van der Waals surface area contributed by atoms with Crippen LogP contribution in [0.5, 0.6) is 0 Å². The van der Waals surface area contributed by atoms with Gasteiger partial charge in [0.15, 0.2) is 0 Å². The van der Waals surface area contributed by atoms with Crippen LogP contribution >= 0.6 is 23.4 Å². The molecule has 0 saturated carbocycles. The van der Waals surface area contributed by atoms with Gasteiger partial charge in [0.25, 0.3) is 5.56 Å². The molecular weight excluding hydrogens is 298 g/mol. The Balaban J connectivity index is 2.87. The summed E-state index contributed by atoms with van der Waals surface area (Å²) < 4.78 is 1.39. The van der Waals surface area contributed by atoms with Crippen molar-refractivity contribution in [2.45, 2.75) is 44.5 Å². The van der Waals surface area contributed by atoms with Gasteiger partial charge in [0.05, 0.1) is 18.5 Å². The molecule has 1 aromatic heterocycles. The summed E-state index contributed by atoms with van der Waals surface area (Å²) in [5.41, 5.74) is 0.242. The van der Waals surface area contributed by atoms with E-state index in [1.54, 1.807) is 18.0 Å². The summed E-state index contributed by atoms with van der Waals surface area (Å²) in [7, 11) is 0. The number of aromatic nitrogens is 2. The van der Waals surface area contributed by atoms with Crippen LogP contribution in [-0.2, 0) is 6.54 Å². The molecule has 0 bridgehead atoms. The van der Waals surface area contributed by atoms with Crippen molar-refractivity contribution in [2.24, 2.45) is 0 Å². The Hall–Kier alpha value is -0.720. The Kier molecular flexibility index (Phi) is 7.40. The van der Waals surface area contributed by atoms with Gasteiger partial charge in [-0.05, 0) is 19.6 Å². The number of hydrogen-bond acceptors (Lipinski definition) is 5. The highest BCUT2D eigenvalue weighted by Gasteiger charge is 2.17. The van der Waals surface area contributed by atoms with Gasteiger partial charge in [0.2, 0.25) is 0 Å². The number of halogens is 1. The van der Waals surface area contributed by atoms with Crippen LogP contribution in [0.25, 0.3) is 0 Å². The average molecular weight is 320 g/mol. The Labute approximate surface area is 128 Å². The number of nitrogens with one attached hydrogen (secondary N) is 1. The summed E-state index contributed by atoms with van der Waals surface area (Å²) >= 11 is 7.67. The smallest absolute Gasteiger partial charge is 0.287 e. The molecule has 0 aliphatic carbocycles. The van der Waals surface area contributed by atoms with Crippen molar-refractivity contribution in [1.29, 1.82) is 0 Å². The molecule has 7 heteroatoms. The topological polar surface area (TPSA) is 67.2 Å². The van der Waals surface area contributed by atoms with Crippen LogP contribution in [0, 0.1) is 0 Å². The van der Waals surface area contributed by atoms with E-state index in [2.05, 4.69) is 17.3 Å². The van der Waals surface area contributed by atoms with Crippen LogP contribution in [0.3, 0.4) is 0 Å². The van der Waals surface area contributed by atoms with Crippen molar-refractivity contribution in [1.82, 2.24) is 9.78 Å². The number of unbranched alkanes of at least 4 members (excludes halogenated alkanes) is 1. The third-order valence-electron chi connectivity index (χ3n) is 3.13. The molecule has 0 aliphatic rings. The first kappa shape index (κ1) is 17.3. The summed E-state index contributed by atoms with van der Waals surface area (Å²) in [5.74, 6) is 0. The highest BCUT2D eigenvalue weighted by atomic mass is 35.5. The Morgan fingerprint density at radius 2 is 2.30 bits per heavy atom. The quantitative estimate of drug-likeness (QED) is 0.769. The maximum atomic E-state index is 12.1. The van der Waals surface area contributed by atoms with Gasteiger partial charge in [-0.15, -0.1) is 0 Å². The molecule has 0 fully saturated rings. The van der Waals surface area contributed by atoms with E-state index >= 15 is 0 Å². The predicted molar refractivity (Wildman–Crippen MR) is 85.9 cm³/mol. The van der Waals surface area contributed by atoms with Crippen molar-refractivity contribution >= 4 is 29.1 Å². The number of aliphatic hydroxyl groups excluding tert-OH is 1. The van der Waals surface area contributed by atoms with Gasteiger partial charge in [-0.25, -0.2) is 4.68 Å². The Bertz CT molecular complexity index is 477. The number of aryl methyl sites for hydroxylation is 1. The molecule has 20 heavy (non-hydrogen) atoms. The highest BCUT2D eigenvalue weighted by molar-refractivity contribution is 7.99. The highest BCUT2D eigenvalue weighted by Crippen LogP contribution is 2.20. The molecule has 1 heterocycles. The van der Waals surface area contributed by atoms with Gasteiger partial charge >= 0.3 is 0 Å². The number of nitrogens with zero attached hydrogens (tertiary/aromatic N) is 2. The van der Waals surface area contributed by atoms with Crippen LogP contribution in [0.2, 0.25) is 5.02 Å². The maximum absolute atomic E-state index is 12.1. The second-order valence-electron chi connectivity index (χ2n) is 4.64.